The molecule has 82 valence electrons. The van der Waals surface area contributed by atoms with E-state index in [1.54, 1.807) is 6.07 Å². The molecule has 1 aromatic carbocycles. The lowest BCUT2D eigenvalue weighted by Gasteiger charge is -2.06. The van der Waals surface area contributed by atoms with Crippen LogP contribution in [-0.4, -0.2) is 16.1 Å². The monoisotopic (exact) mass is 217 g/mol. The van der Waals surface area contributed by atoms with E-state index in [9.17, 15) is 9.59 Å². The van der Waals surface area contributed by atoms with E-state index in [1.165, 1.54) is 6.07 Å². The summed E-state index contributed by atoms with van der Waals surface area (Å²) in [5, 5.41) is 7.51. The van der Waals surface area contributed by atoms with Gasteiger partial charge in [0.05, 0.1) is 0 Å². The Morgan fingerprint density at radius 1 is 1.25 bits per heavy atom. The van der Waals surface area contributed by atoms with Crippen LogP contribution in [0.15, 0.2) is 35.1 Å². The first kappa shape index (κ1) is 10.2. The first-order valence-electron chi connectivity index (χ1n) is 4.81. The van der Waals surface area contributed by atoms with Crippen LogP contribution < -0.4 is 10.9 Å². The molecule has 2 rings (SSSR count). The summed E-state index contributed by atoms with van der Waals surface area (Å²) in [6, 6.07) is 8.65. The van der Waals surface area contributed by atoms with Gasteiger partial charge in [-0.05, 0) is 18.6 Å². The van der Waals surface area contributed by atoms with Gasteiger partial charge in [0.2, 0.25) is 0 Å². The number of nitrogens with one attached hydrogen (secondary N) is 3. The van der Waals surface area contributed by atoms with Gasteiger partial charge >= 0.3 is 0 Å². The van der Waals surface area contributed by atoms with Crippen LogP contribution in [0, 0.1) is 6.92 Å². The van der Waals surface area contributed by atoms with Crippen LogP contribution in [0.3, 0.4) is 0 Å². The standard InChI is InChI=1S/C11H11N3O2/c1-7-4-2-3-5-8(7)12-11(16)9-6-10(15)14-13-9/h2-6H,1H3,(H,12,16)(H2,13,14,15). The second kappa shape index (κ2) is 4.06. The number of carbonyl (C=O) groups excluding carboxylic acids is 1. The van der Waals surface area contributed by atoms with Crippen molar-refractivity contribution in [2.45, 2.75) is 6.92 Å². The Morgan fingerprint density at radius 3 is 2.62 bits per heavy atom. The molecule has 16 heavy (non-hydrogen) atoms. The molecule has 0 aliphatic rings. The number of benzene rings is 1. The van der Waals surface area contributed by atoms with Gasteiger partial charge in [0.15, 0.2) is 0 Å². The molecule has 0 aliphatic heterocycles. The number of aromatic amines is 2. The molecule has 1 aromatic heterocycles. The molecule has 0 saturated carbocycles. The molecule has 5 nitrogen and oxygen atoms in total. The SMILES string of the molecule is Cc1ccccc1NC(=O)c1cc(=O)[nH][nH]1. The minimum absolute atomic E-state index is 0.216. The van der Waals surface area contributed by atoms with Crippen molar-refractivity contribution in [1.29, 1.82) is 0 Å². The van der Waals surface area contributed by atoms with Gasteiger partial charge in [-0.25, -0.2) is 0 Å². The van der Waals surface area contributed by atoms with Crippen molar-refractivity contribution in [3.8, 4) is 0 Å². The zero-order chi connectivity index (χ0) is 11.5. The molecule has 0 radical (unpaired) electrons. The summed E-state index contributed by atoms with van der Waals surface area (Å²) in [7, 11) is 0. The molecule has 0 unspecified atom stereocenters. The van der Waals surface area contributed by atoms with E-state index >= 15 is 0 Å². The predicted octanol–water partition coefficient (Wildman–Crippen LogP) is 1.26. The molecule has 3 N–H and O–H groups in total. The highest BCUT2D eigenvalue weighted by atomic mass is 16.2. The first-order valence-corrected chi connectivity index (χ1v) is 4.81. The average Bonchev–Trinajstić information content (AvgIpc) is 2.68. The van der Waals surface area contributed by atoms with Crippen LogP contribution in [0.25, 0.3) is 0 Å². The van der Waals surface area contributed by atoms with Crippen LogP contribution in [0.5, 0.6) is 0 Å². The third-order valence-corrected chi connectivity index (χ3v) is 2.23. The number of hydrogen-bond acceptors (Lipinski definition) is 2. The third-order valence-electron chi connectivity index (χ3n) is 2.23. The number of amides is 1. The Bertz CT molecular complexity index is 568. The van der Waals surface area contributed by atoms with Gasteiger partial charge in [-0.15, -0.1) is 0 Å². The van der Waals surface area contributed by atoms with Gasteiger partial charge in [0, 0.05) is 11.8 Å². The molecule has 0 fully saturated rings. The summed E-state index contributed by atoms with van der Waals surface area (Å²) in [6.45, 7) is 1.90. The maximum Gasteiger partial charge on any atom is 0.273 e. The molecule has 2 aromatic rings. The number of anilines is 1. The van der Waals surface area contributed by atoms with Gasteiger partial charge in [0.1, 0.15) is 5.69 Å². The first-order chi connectivity index (χ1) is 7.66. The predicted molar refractivity (Wildman–Crippen MR) is 60.5 cm³/mol. The van der Waals surface area contributed by atoms with Gasteiger partial charge in [0.25, 0.3) is 11.5 Å². The maximum atomic E-state index is 11.7. The quantitative estimate of drug-likeness (QED) is 0.708. The topological polar surface area (TPSA) is 77.8 Å². The molecule has 0 atom stereocenters. The Kier molecular flexibility index (Phi) is 2.59. The fourth-order valence-electron chi connectivity index (χ4n) is 1.36. The highest BCUT2D eigenvalue weighted by Crippen LogP contribution is 2.13. The van der Waals surface area contributed by atoms with Crippen molar-refractivity contribution in [1.82, 2.24) is 10.2 Å². The molecule has 1 amide bonds. The van der Waals surface area contributed by atoms with Gasteiger partial charge in [-0.2, -0.15) is 0 Å². The van der Waals surface area contributed by atoms with E-state index in [-0.39, 0.29) is 17.2 Å². The van der Waals surface area contributed by atoms with Crippen molar-refractivity contribution < 1.29 is 4.79 Å². The lowest BCUT2D eigenvalue weighted by Crippen LogP contribution is -2.13. The Morgan fingerprint density at radius 2 is 2.00 bits per heavy atom. The minimum Gasteiger partial charge on any atom is -0.320 e. The summed E-state index contributed by atoms with van der Waals surface area (Å²) < 4.78 is 0. The van der Waals surface area contributed by atoms with Crippen molar-refractivity contribution in [2.75, 3.05) is 5.32 Å². The zero-order valence-corrected chi connectivity index (χ0v) is 8.70. The van der Waals surface area contributed by atoms with E-state index in [1.807, 2.05) is 25.1 Å². The number of rotatable bonds is 2. The zero-order valence-electron chi connectivity index (χ0n) is 8.70. The lowest BCUT2D eigenvalue weighted by atomic mass is 10.2. The Balaban J connectivity index is 2.20. The molecule has 0 spiro atoms. The van der Waals surface area contributed by atoms with Gasteiger partial charge in [-0.1, -0.05) is 18.2 Å². The van der Waals surface area contributed by atoms with E-state index < -0.39 is 0 Å². The van der Waals surface area contributed by atoms with Gasteiger partial charge < -0.3 is 5.32 Å². The molecule has 0 saturated heterocycles. The second-order valence-electron chi connectivity index (χ2n) is 3.44. The number of H-pyrrole nitrogens is 2. The van der Waals surface area contributed by atoms with Crippen LogP contribution in [-0.2, 0) is 0 Å². The summed E-state index contributed by atoms with van der Waals surface area (Å²) in [5.41, 5.74) is 1.59. The second-order valence-corrected chi connectivity index (χ2v) is 3.44. The van der Waals surface area contributed by atoms with Crippen LogP contribution in [0.1, 0.15) is 16.1 Å². The fourth-order valence-corrected chi connectivity index (χ4v) is 1.36. The van der Waals surface area contributed by atoms with Crippen LogP contribution in [0.4, 0.5) is 5.69 Å². The van der Waals surface area contributed by atoms with E-state index in [0.717, 1.165) is 11.3 Å². The summed E-state index contributed by atoms with van der Waals surface area (Å²) in [6.07, 6.45) is 0. The smallest absolute Gasteiger partial charge is 0.273 e. The minimum atomic E-state index is -0.340. The Hall–Kier alpha value is -2.30. The molecular weight excluding hydrogens is 206 g/mol. The fraction of sp³-hybridized carbons (Fsp3) is 0.0909. The number of aryl methyl sites for hydroxylation is 1. The highest BCUT2D eigenvalue weighted by molar-refractivity contribution is 6.03. The molecule has 0 bridgehead atoms. The molecule has 5 heteroatoms. The van der Waals surface area contributed by atoms with Gasteiger partial charge in [-0.3, -0.25) is 19.8 Å². The van der Waals surface area contributed by atoms with Crippen molar-refractivity contribution in [3.63, 3.8) is 0 Å². The van der Waals surface area contributed by atoms with Crippen molar-refractivity contribution in [2.24, 2.45) is 0 Å². The number of para-hydroxylation sites is 1. The van der Waals surface area contributed by atoms with Crippen molar-refractivity contribution >= 4 is 11.6 Å². The summed E-state index contributed by atoms with van der Waals surface area (Å²) in [5.74, 6) is -0.340. The summed E-state index contributed by atoms with van der Waals surface area (Å²) in [4.78, 5) is 22.5. The number of aromatic nitrogens is 2. The number of carbonyl (C=O) groups is 1. The lowest BCUT2D eigenvalue weighted by molar-refractivity contribution is 0.102. The van der Waals surface area contributed by atoms with Crippen molar-refractivity contribution in [3.05, 3.63) is 51.9 Å². The Labute approximate surface area is 91.5 Å². The molecule has 1 heterocycles. The largest absolute Gasteiger partial charge is 0.320 e. The van der Waals surface area contributed by atoms with E-state index in [0.29, 0.717) is 0 Å². The highest BCUT2D eigenvalue weighted by Gasteiger charge is 2.08. The molecular formula is C11H11N3O2. The number of hydrogen-bond donors (Lipinski definition) is 3. The van der Waals surface area contributed by atoms with Crippen LogP contribution in [0.2, 0.25) is 0 Å². The summed E-state index contributed by atoms with van der Waals surface area (Å²) >= 11 is 0. The van der Waals surface area contributed by atoms with Crippen LogP contribution >= 0.6 is 0 Å². The third kappa shape index (κ3) is 2.03. The normalized spacial score (nSPS) is 10.1. The maximum absolute atomic E-state index is 11.7. The molecule has 0 aliphatic carbocycles. The van der Waals surface area contributed by atoms with E-state index in [2.05, 4.69) is 15.5 Å². The average molecular weight is 217 g/mol. The van der Waals surface area contributed by atoms with E-state index in [4.69, 9.17) is 0 Å².